The van der Waals surface area contributed by atoms with E-state index in [-0.39, 0.29) is 16.2 Å². The van der Waals surface area contributed by atoms with Gasteiger partial charge in [-0.2, -0.15) is 0 Å². The van der Waals surface area contributed by atoms with Crippen molar-refractivity contribution in [3.05, 3.63) is 120 Å². The molecule has 0 bridgehead atoms. The topological polar surface area (TPSA) is 21.6 Å². The van der Waals surface area contributed by atoms with Crippen LogP contribution in [0.4, 0.5) is 14.5 Å². The second-order valence-electron chi connectivity index (χ2n) is 8.50. The molecule has 0 radical (unpaired) electrons. The van der Waals surface area contributed by atoms with E-state index in [1.54, 1.807) is 47.8 Å². The number of benzene rings is 4. The van der Waals surface area contributed by atoms with Crippen LogP contribution in [-0.2, 0) is 12.8 Å². The van der Waals surface area contributed by atoms with Crippen LogP contribution in [0.25, 0.3) is 0 Å². The SMILES string of the molecule is Fc1ccc(SC(CC(=Nc2ccc3c(c2)CCC3)Oc2ccccc2)Sc2ccc(F)cc2)cc1. The van der Waals surface area contributed by atoms with Crippen LogP contribution in [-0.4, -0.2) is 10.5 Å². The molecule has 1 aliphatic carbocycles. The highest BCUT2D eigenvalue weighted by Gasteiger charge is 2.19. The van der Waals surface area contributed by atoms with Gasteiger partial charge in [0.1, 0.15) is 17.4 Å². The lowest BCUT2D eigenvalue weighted by atomic mass is 10.1. The van der Waals surface area contributed by atoms with Gasteiger partial charge in [0, 0.05) is 16.2 Å². The van der Waals surface area contributed by atoms with E-state index in [4.69, 9.17) is 9.73 Å². The zero-order valence-corrected chi connectivity index (χ0v) is 21.2. The Morgan fingerprint density at radius 1 is 0.750 bits per heavy atom. The van der Waals surface area contributed by atoms with Crippen LogP contribution in [0.15, 0.2) is 112 Å². The van der Waals surface area contributed by atoms with Crippen LogP contribution in [0.5, 0.6) is 5.75 Å². The number of para-hydroxylation sites is 1. The second-order valence-corrected chi connectivity index (χ2v) is 11.4. The molecule has 182 valence electrons. The second kappa shape index (κ2) is 11.8. The summed E-state index contributed by atoms with van der Waals surface area (Å²) in [5, 5.41) is 0. The molecule has 0 atom stereocenters. The fourth-order valence-electron chi connectivity index (χ4n) is 4.09. The third-order valence-corrected chi connectivity index (χ3v) is 8.34. The van der Waals surface area contributed by atoms with E-state index in [0.29, 0.717) is 12.3 Å². The van der Waals surface area contributed by atoms with Gasteiger partial charge in [0.15, 0.2) is 5.90 Å². The summed E-state index contributed by atoms with van der Waals surface area (Å²) in [7, 11) is 0. The summed E-state index contributed by atoms with van der Waals surface area (Å²) in [6.07, 6.45) is 3.89. The van der Waals surface area contributed by atoms with Crippen molar-refractivity contribution in [1.29, 1.82) is 0 Å². The average molecular weight is 518 g/mol. The summed E-state index contributed by atoms with van der Waals surface area (Å²) in [5.41, 5.74) is 3.63. The molecular weight excluding hydrogens is 492 g/mol. The number of nitrogens with zero attached hydrogens (tertiary/aromatic N) is 1. The molecule has 0 spiro atoms. The van der Waals surface area contributed by atoms with E-state index in [1.165, 1.54) is 41.8 Å². The first-order chi connectivity index (χ1) is 17.6. The fraction of sp³-hybridized carbons (Fsp3) is 0.167. The monoisotopic (exact) mass is 517 g/mol. The third-order valence-electron chi connectivity index (χ3n) is 5.82. The zero-order valence-electron chi connectivity index (χ0n) is 19.6. The number of ether oxygens (including phenoxy) is 1. The lowest BCUT2D eigenvalue weighted by Crippen LogP contribution is -2.14. The summed E-state index contributed by atoms with van der Waals surface area (Å²) < 4.78 is 33.3. The number of fused-ring (bicyclic) bond motifs is 1. The van der Waals surface area contributed by atoms with Crippen molar-refractivity contribution in [1.82, 2.24) is 0 Å². The van der Waals surface area contributed by atoms with Crippen molar-refractivity contribution < 1.29 is 13.5 Å². The minimum absolute atomic E-state index is 0.0437. The van der Waals surface area contributed by atoms with Crippen molar-refractivity contribution in [2.24, 2.45) is 4.99 Å². The Bertz CT molecular complexity index is 1280. The van der Waals surface area contributed by atoms with Gasteiger partial charge < -0.3 is 4.74 Å². The van der Waals surface area contributed by atoms with E-state index >= 15 is 0 Å². The highest BCUT2D eigenvalue weighted by Crippen LogP contribution is 2.38. The summed E-state index contributed by atoms with van der Waals surface area (Å²) >= 11 is 3.22. The maximum atomic E-state index is 13.5. The number of rotatable bonds is 8. The number of halogens is 2. The Morgan fingerprint density at radius 2 is 1.36 bits per heavy atom. The predicted octanol–water partition coefficient (Wildman–Crippen LogP) is 8.86. The smallest absolute Gasteiger partial charge is 0.197 e. The molecule has 5 rings (SSSR count). The largest absolute Gasteiger partial charge is 0.443 e. The number of hydrogen-bond acceptors (Lipinski definition) is 4. The van der Waals surface area contributed by atoms with Gasteiger partial charge in [-0.3, -0.25) is 0 Å². The summed E-state index contributed by atoms with van der Waals surface area (Å²) in [6, 6.07) is 28.9. The Balaban J connectivity index is 1.45. The van der Waals surface area contributed by atoms with E-state index in [1.807, 2.05) is 36.4 Å². The van der Waals surface area contributed by atoms with E-state index in [9.17, 15) is 8.78 Å². The molecule has 1 aliphatic rings. The van der Waals surface area contributed by atoms with Gasteiger partial charge in [-0.15, -0.1) is 23.5 Å². The van der Waals surface area contributed by atoms with Crippen molar-refractivity contribution in [2.45, 2.75) is 40.1 Å². The van der Waals surface area contributed by atoms with Crippen LogP contribution in [0.1, 0.15) is 24.0 Å². The maximum Gasteiger partial charge on any atom is 0.197 e. The summed E-state index contributed by atoms with van der Waals surface area (Å²) in [5.74, 6) is 0.768. The minimum atomic E-state index is -0.270. The molecule has 36 heavy (non-hydrogen) atoms. The lowest BCUT2D eigenvalue weighted by molar-refractivity contribution is 0.535. The molecule has 0 amide bonds. The van der Waals surface area contributed by atoms with Gasteiger partial charge in [0.05, 0.1) is 10.3 Å². The Morgan fingerprint density at radius 3 is 2.00 bits per heavy atom. The first-order valence-corrected chi connectivity index (χ1v) is 13.6. The minimum Gasteiger partial charge on any atom is -0.443 e. The first-order valence-electron chi connectivity index (χ1n) is 11.9. The molecular formula is C30H25F2NOS2. The van der Waals surface area contributed by atoms with Gasteiger partial charge in [-0.05, 0) is 103 Å². The average Bonchev–Trinajstić information content (AvgIpc) is 3.35. The Labute approximate surface area is 218 Å². The molecule has 6 heteroatoms. The fourth-order valence-corrected chi connectivity index (χ4v) is 6.59. The highest BCUT2D eigenvalue weighted by molar-refractivity contribution is 8.17. The molecule has 0 heterocycles. The highest BCUT2D eigenvalue weighted by atomic mass is 32.2. The molecule has 0 saturated carbocycles. The third kappa shape index (κ3) is 6.77. The predicted molar refractivity (Wildman–Crippen MR) is 146 cm³/mol. The van der Waals surface area contributed by atoms with Gasteiger partial charge in [-0.25, -0.2) is 13.8 Å². The van der Waals surface area contributed by atoms with Gasteiger partial charge in [0.25, 0.3) is 0 Å². The molecule has 0 fully saturated rings. The molecule has 0 aromatic heterocycles. The quantitative estimate of drug-likeness (QED) is 0.101. The maximum absolute atomic E-state index is 13.5. The van der Waals surface area contributed by atoms with Crippen LogP contribution in [0, 0.1) is 11.6 Å². The number of aryl methyl sites for hydroxylation is 2. The van der Waals surface area contributed by atoms with E-state index in [0.717, 1.165) is 34.1 Å². The van der Waals surface area contributed by atoms with Crippen LogP contribution < -0.4 is 4.74 Å². The summed E-state index contributed by atoms with van der Waals surface area (Å²) in [6.45, 7) is 0. The number of thioether (sulfide) groups is 2. The van der Waals surface area contributed by atoms with Crippen molar-refractivity contribution in [3.8, 4) is 5.75 Å². The van der Waals surface area contributed by atoms with Gasteiger partial charge in [-0.1, -0.05) is 24.3 Å². The molecule has 0 saturated heterocycles. The zero-order chi connectivity index (χ0) is 24.7. The molecule has 4 aromatic rings. The van der Waals surface area contributed by atoms with Crippen molar-refractivity contribution >= 4 is 35.1 Å². The van der Waals surface area contributed by atoms with Crippen LogP contribution >= 0.6 is 23.5 Å². The first kappa shape index (κ1) is 24.6. The molecule has 2 nitrogen and oxygen atoms in total. The summed E-state index contributed by atoms with van der Waals surface area (Å²) in [4.78, 5) is 6.81. The molecule has 0 N–H and O–H groups in total. The van der Waals surface area contributed by atoms with Crippen LogP contribution in [0.2, 0.25) is 0 Å². The normalized spacial score (nSPS) is 13.1. The van der Waals surface area contributed by atoms with Crippen LogP contribution in [0.3, 0.4) is 0 Å². The van der Waals surface area contributed by atoms with Crippen molar-refractivity contribution in [3.63, 3.8) is 0 Å². The lowest BCUT2D eigenvalue weighted by Gasteiger charge is -2.18. The Hall–Kier alpha value is -3.09. The molecule has 0 unspecified atom stereocenters. The van der Waals surface area contributed by atoms with Crippen molar-refractivity contribution in [2.75, 3.05) is 0 Å². The Kier molecular flexibility index (Phi) is 8.04. The molecule has 4 aromatic carbocycles. The van der Waals surface area contributed by atoms with E-state index < -0.39 is 0 Å². The molecule has 0 aliphatic heterocycles. The standard InChI is InChI=1S/C30H25F2NOS2/c31-23-10-15-27(16-11-23)35-30(36-28-17-12-24(32)13-18-28)20-29(34-26-7-2-1-3-8-26)33-25-14-9-21-5-4-6-22(21)19-25/h1-3,7-19,30H,4-6,20H2. The number of aliphatic imine (C=N–C) groups is 1. The number of hydrogen-bond donors (Lipinski definition) is 0. The van der Waals surface area contributed by atoms with E-state index in [2.05, 4.69) is 12.1 Å². The van der Waals surface area contributed by atoms with Gasteiger partial charge in [0.2, 0.25) is 0 Å². The van der Waals surface area contributed by atoms with Gasteiger partial charge >= 0.3 is 0 Å².